The van der Waals surface area contributed by atoms with Crippen molar-refractivity contribution in [3.8, 4) is 17.0 Å². The SMILES string of the molecule is COc1cccc(-c2[nH]ncc2C(=O)N[C@H]2COC[C@@H]2N2CCCC2)c1. The molecule has 26 heavy (non-hydrogen) atoms. The summed E-state index contributed by atoms with van der Waals surface area (Å²) in [6.07, 6.45) is 4.02. The van der Waals surface area contributed by atoms with Crippen molar-refractivity contribution in [2.45, 2.75) is 24.9 Å². The fourth-order valence-electron chi connectivity index (χ4n) is 3.82. The first-order valence-corrected chi connectivity index (χ1v) is 9.06. The summed E-state index contributed by atoms with van der Waals surface area (Å²) < 4.78 is 10.9. The van der Waals surface area contributed by atoms with Crippen molar-refractivity contribution in [2.24, 2.45) is 0 Å². The molecule has 1 aromatic carbocycles. The summed E-state index contributed by atoms with van der Waals surface area (Å²) >= 11 is 0. The predicted octanol–water partition coefficient (Wildman–Crippen LogP) is 1.68. The predicted molar refractivity (Wildman–Crippen MR) is 97.2 cm³/mol. The number of hydrogen-bond donors (Lipinski definition) is 2. The van der Waals surface area contributed by atoms with E-state index in [0.29, 0.717) is 24.5 Å². The van der Waals surface area contributed by atoms with E-state index in [0.717, 1.165) is 24.4 Å². The van der Waals surface area contributed by atoms with Crippen LogP contribution >= 0.6 is 0 Å². The van der Waals surface area contributed by atoms with Gasteiger partial charge in [0.05, 0.1) is 49.9 Å². The van der Waals surface area contributed by atoms with Gasteiger partial charge in [0, 0.05) is 5.56 Å². The van der Waals surface area contributed by atoms with Crippen molar-refractivity contribution in [3.63, 3.8) is 0 Å². The normalized spacial score (nSPS) is 23.3. The maximum Gasteiger partial charge on any atom is 0.255 e. The van der Waals surface area contributed by atoms with E-state index in [4.69, 9.17) is 9.47 Å². The molecule has 0 spiro atoms. The van der Waals surface area contributed by atoms with E-state index >= 15 is 0 Å². The molecule has 1 aromatic heterocycles. The average Bonchev–Trinajstić information content (AvgIpc) is 3.41. The molecule has 2 atom stereocenters. The minimum atomic E-state index is -0.128. The number of aromatic amines is 1. The zero-order valence-electron chi connectivity index (χ0n) is 14.9. The Balaban J connectivity index is 1.51. The molecule has 0 aliphatic carbocycles. The zero-order valence-corrected chi connectivity index (χ0v) is 14.9. The van der Waals surface area contributed by atoms with Crippen LogP contribution in [0.4, 0.5) is 0 Å². The smallest absolute Gasteiger partial charge is 0.255 e. The fraction of sp³-hybridized carbons (Fsp3) is 0.474. The highest BCUT2D eigenvalue weighted by atomic mass is 16.5. The Kier molecular flexibility index (Phi) is 4.90. The summed E-state index contributed by atoms with van der Waals surface area (Å²) in [5.74, 6) is 0.609. The number of likely N-dealkylation sites (tertiary alicyclic amines) is 1. The second-order valence-corrected chi connectivity index (χ2v) is 6.82. The van der Waals surface area contributed by atoms with E-state index in [2.05, 4.69) is 20.4 Å². The quantitative estimate of drug-likeness (QED) is 0.852. The number of nitrogens with one attached hydrogen (secondary N) is 2. The van der Waals surface area contributed by atoms with Crippen LogP contribution in [0.2, 0.25) is 0 Å². The van der Waals surface area contributed by atoms with Crippen molar-refractivity contribution < 1.29 is 14.3 Å². The van der Waals surface area contributed by atoms with E-state index in [1.807, 2.05) is 24.3 Å². The maximum absolute atomic E-state index is 12.9. The minimum Gasteiger partial charge on any atom is -0.497 e. The van der Waals surface area contributed by atoms with Gasteiger partial charge < -0.3 is 14.8 Å². The molecule has 2 aliphatic heterocycles. The second-order valence-electron chi connectivity index (χ2n) is 6.82. The molecule has 4 rings (SSSR count). The number of aromatic nitrogens is 2. The molecule has 2 fully saturated rings. The number of carbonyl (C=O) groups is 1. The third kappa shape index (κ3) is 3.32. The summed E-state index contributed by atoms with van der Waals surface area (Å²) in [6.45, 7) is 3.40. The topological polar surface area (TPSA) is 79.5 Å². The molecule has 0 bridgehead atoms. The number of methoxy groups -OCH3 is 1. The summed E-state index contributed by atoms with van der Waals surface area (Å²) in [5, 5.41) is 10.2. The van der Waals surface area contributed by atoms with Gasteiger partial charge in [-0.1, -0.05) is 12.1 Å². The molecule has 7 heteroatoms. The molecular formula is C19H24N4O3. The van der Waals surface area contributed by atoms with E-state index in [1.54, 1.807) is 13.3 Å². The van der Waals surface area contributed by atoms with E-state index in [9.17, 15) is 4.79 Å². The monoisotopic (exact) mass is 356 g/mol. The van der Waals surface area contributed by atoms with Crippen molar-refractivity contribution >= 4 is 5.91 Å². The van der Waals surface area contributed by atoms with Gasteiger partial charge in [0.15, 0.2) is 0 Å². The number of hydrogen-bond acceptors (Lipinski definition) is 5. The van der Waals surface area contributed by atoms with E-state index < -0.39 is 0 Å². The molecule has 1 amide bonds. The number of amides is 1. The first-order valence-electron chi connectivity index (χ1n) is 9.06. The van der Waals surface area contributed by atoms with Crippen LogP contribution in [-0.2, 0) is 4.74 Å². The Morgan fingerprint density at radius 3 is 3.00 bits per heavy atom. The van der Waals surface area contributed by atoms with Crippen LogP contribution in [0.15, 0.2) is 30.5 Å². The molecule has 2 saturated heterocycles. The minimum absolute atomic E-state index is 0.00802. The van der Waals surface area contributed by atoms with E-state index in [1.165, 1.54) is 12.8 Å². The lowest BCUT2D eigenvalue weighted by molar-refractivity contribution is 0.0917. The van der Waals surface area contributed by atoms with Gasteiger partial charge in [-0.25, -0.2) is 0 Å². The Morgan fingerprint density at radius 2 is 2.19 bits per heavy atom. The van der Waals surface area contributed by atoms with Crippen molar-refractivity contribution in [3.05, 3.63) is 36.0 Å². The third-order valence-corrected chi connectivity index (χ3v) is 5.22. The highest BCUT2D eigenvalue weighted by Gasteiger charge is 2.35. The fourth-order valence-corrected chi connectivity index (χ4v) is 3.82. The van der Waals surface area contributed by atoms with Gasteiger partial charge in [-0.3, -0.25) is 14.8 Å². The van der Waals surface area contributed by atoms with Gasteiger partial charge in [-0.15, -0.1) is 0 Å². The highest BCUT2D eigenvalue weighted by molar-refractivity contribution is 6.00. The van der Waals surface area contributed by atoms with Crippen LogP contribution in [0.5, 0.6) is 5.75 Å². The number of ether oxygens (including phenoxy) is 2. The molecule has 3 heterocycles. The van der Waals surface area contributed by atoms with Crippen LogP contribution in [0.3, 0.4) is 0 Å². The summed E-state index contributed by atoms with van der Waals surface area (Å²) in [4.78, 5) is 15.3. The number of carbonyl (C=O) groups excluding carboxylic acids is 1. The third-order valence-electron chi connectivity index (χ3n) is 5.22. The van der Waals surface area contributed by atoms with Gasteiger partial charge >= 0.3 is 0 Å². The highest BCUT2D eigenvalue weighted by Crippen LogP contribution is 2.25. The lowest BCUT2D eigenvalue weighted by Gasteiger charge is -2.27. The standard InChI is InChI=1S/C19H24N4O3/c1-25-14-6-4-5-13(9-14)18-15(10-20-22-18)19(24)21-16-11-26-12-17(16)23-7-2-3-8-23/h4-6,9-10,16-17H,2-3,7-8,11-12H2,1H3,(H,20,22)(H,21,24)/t16-,17-/m0/s1. The first kappa shape index (κ1) is 17.1. The van der Waals surface area contributed by atoms with Crippen molar-refractivity contribution in [2.75, 3.05) is 33.4 Å². The van der Waals surface area contributed by atoms with Crippen molar-refractivity contribution in [1.29, 1.82) is 0 Å². The lowest BCUT2D eigenvalue weighted by Crippen LogP contribution is -2.50. The number of benzene rings is 1. The van der Waals surface area contributed by atoms with Crippen LogP contribution in [0.1, 0.15) is 23.2 Å². The second kappa shape index (κ2) is 7.47. The van der Waals surface area contributed by atoms with Gasteiger partial charge in [-0.2, -0.15) is 5.10 Å². The van der Waals surface area contributed by atoms with Gasteiger partial charge in [0.2, 0.25) is 0 Å². The van der Waals surface area contributed by atoms with Gasteiger partial charge in [0.1, 0.15) is 5.75 Å². The number of nitrogens with zero attached hydrogens (tertiary/aromatic N) is 2. The van der Waals surface area contributed by atoms with Crippen LogP contribution in [0.25, 0.3) is 11.3 Å². The summed E-state index contributed by atoms with van der Waals surface area (Å²) in [7, 11) is 1.62. The van der Waals surface area contributed by atoms with E-state index in [-0.39, 0.29) is 18.0 Å². The van der Waals surface area contributed by atoms with Gasteiger partial charge in [0.25, 0.3) is 5.91 Å². The summed E-state index contributed by atoms with van der Waals surface area (Å²) in [5.41, 5.74) is 2.09. The van der Waals surface area contributed by atoms with Crippen LogP contribution in [0, 0.1) is 0 Å². The Labute approximate surface area is 152 Å². The molecule has 2 aromatic rings. The molecule has 0 saturated carbocycles. The van der Waals surface area contributed by atoms with Crippen LogP contribution in [-0.4, -0.2) is 66.5 Å². The maximum atomic E-state index is 12.9. The first-order chi connectivity index (χ1) is 12.8. The molecule has 138 valence electrons. The summed E-state index contributed by atoms with van der Waals surface area (Å²) in [6, 6.07) is 7.84. The average molecular weight is 356 g/mol. The number of rotatable bonds is 5. The van der Waals surface area contributed by atoms with Crippen molar-refractivity contribution in [1.82, 2.24) is 20.4 Å². The zero-order chi connectivity index (χ0) is 17.9. The molecule has 2 aliphatic rings. The molecule has 0 unspecified atom stereocenters. The van der Waals surface area contributed by atoms with Gasteiger partial charge in [-0.05, 0) is 38.1 Å². The number of H-pyrrole nitrogens is 1. The molecule has 0 radical (unpaired) electrons. The van der Waals surface area contributed by atoms with Crippen LogP contribution < -0.4 is 10.1 Å². The molecule has 7 nitrogen and oxygen atoms in total. The molecular weight excluding hydrogens is 332 g/mol. The Bertz CT molecular complexity index is 770. The Morgan fingerprint density at radius 1 is 1.35 bits per heavy atom. The largest absolute Gasteiger partial charge is 0.497 e. The molecule has 2 N–H and O–H groups in total. The Hall–Kier alpha value is -2.38. The lowest BCUT2D eigenvalue weighted by atomic mass is 10.1.